The van der Waals surface area contributed by atoms with Gasteiger partial charge in [-0.25, -0.2) is 9.37 Å². The number of carbonyl (C=O) groups is 1. The number of rotatable bonds is 9. The van der Waals surface area contributed by atoms with Crippen LogP contribution in [-0.4, -0.2) is 35.5 Å². The Morgan fingerprint density at radius 2 is 2.05 bits per heavy atom. The second-order valence-electron chi connectivity index (χ2n) is 8.18. The van der Waals surface area contributed by atoms with E-state index in [9.17, 15) is 14.0 Å². The number of benzene rings is 3. The number of aryl methyl sites for hydroxylation is 1. The molecule has 0 fully saturated rings. The molecule has 1 heterocycles. The number of anilines is 1. The van der Waals surface area contributed by atoms with Crippen LogP contribution >= 0.6 is 27.5 Å². The number of nitrogens with zero attached hydrogens (tertiary/aromatic N) is 3. The van der Waals surface area contributed by atoms with E-state index in [2.05, 4.69) is 31.3 Å². The largest absolute Gasteiger partial charge is 0.493 e. The molecule has 0 radical (unpaired) electrons. The first-order valence-corrected chi connectivity index (χ1v) is 12.8. The molecule has 1 amide bonds. The topological polar surface area (TPSA) is 94.8 Å². The Kier molecular flexibility index (Phi) is 8.75. The number of amides is 1. The first-order valence-electron chi connectivity index (χ1n) is 11.6. The van der Waals surface area contributed by atoms with Gasteiger partial charge in [-0.2, -0.15) is 9.78 Å². The van der Waals surface area contributed by atoms with Crippen molar-refractivity contribution in [3.8, 4) is 11.5 Å². The van der Waals surface area contributed by atoms with Crippen LogP contribution in [0.4, 0.5) is 10.1 Å². The summed E-state index contributed by atoms with van der Waals surface area (Å²) >= 11 is 9.83. The third kappa shape index (κ3) is 6.38. The minimum atomic E-state index is -0.502. The van der Waals surface area contributed by atoms with E-state index in [0.29, 0.717) is 34.4 Å². The van der Waals surface area contributed by atoms with Crippen LogP contribution in [0.5, 0.6) is 11.5 Å². The fourth-order valence-corrected chi connectivity index (χ4v) is 4.31. The molecule has 0 aliphatic carbocycles. The number of methoxy groups -OCH3 is 1. The maximum atomic E-state index is 13.3. The van der Waals surface area contributed by atoms with Crippen LogP contribution in [0.1, 0.15) is 24.7 Å². The minimum Gasteiger partial charge on any atom is -0.493 e. The van der Waals surface area contributed by atoms with Crippen LogP contribution in [0.25, 0.3) is 10.9 Å². The van der Waals surface area contributed by atoms with Crippen LogP contribution in [0.2, 0.25) is 5.02 Å². The Balaban J connectivity index is 1.58. The number of hydrogen-bond donors (Lipinski definition) is 1. The van der Waals surface area contributed by atoms with Gasteiger partial charge in [0.25, 0.3) is 11.5 Å². The number of halogens is 3. The maximum Gasteiger partial charge on any atom is 0.282 e. The highest BCUT2D eigenvalue weighted by atomic mass is 79.9. The van der Waals surface area contributed by atoms with Gasteiger partial charge in [0.2, 0.25) is 0 Å². The molecule has 8 nitrogen and oxygen atoms in total. The second-order valence-corrected chi connectivity index (χ2v) is 9.51. The predicted molar refractivity (Wildman–Crippen MR) is 149 cm³/mol. The minimum absolute atomic E-state index is 0.154. The molecule has 0 aliphatic heterocycles. The molecule has 196 valence electrons. The Labute approximate surface area is 231 Å². The first kappa shape index (κ1) is 27.3. The Morgan fingerprint density at radius 1 is 1.24 bits per heavy atom. The van der Waals surface area contributed by atoms with Crippen molar-refractivity contribution in [2.24, 2.45) is 5.10 Å². The van der Waals surface area contributed by atoms with Gasteiger partial charge in [-0.1, -0.05) is 40.5 Å². The monoisotopic (exact) mass is 600 g/mol. The van der Waals surface area contributed by atoms with Crippen LogP contribution < -0.4 is 20.3 Å². The molecule has 0 aliphatic rings. The van der Waals surface area contributed by atoms with Gasteiger partial charge in [-0.05, 0) is 60.5 Å². The van der Waals surface area contributed by atoms with Crippen molar-refractivity contribution in [1.82, 2.24) is 9.66 Å². The van der Waals surface area contributed by atoms with Gasteiger partial charge in [0.05, 0.1) is 29.2 Å². The third-order valence-electron chi connectivity index (χ3n) is 5.38. The highest BCUT2D eigenvalue weighted by Crippen LogP contribution is 2.36. The molecule has 1 aromatic heterocycles. The molecule has 4 rings (SSSR count). The van der Waals surface area contributed by atoms with Crippen molar-refractivity contribution in [3.05, 3.63) is 91.7 Å². The lowest BCUT2D eigenvalue weighted by Crippen LogP contribution is -2.22. The Bertz CT molecular complexity index is 1590. The molecule has 38 heavy (non-hydrogen) atoms. The summed E-state index contributed by atoms with van der Waals surface area (Å²) in [6.07, 6.45) is 2.82. The van der Waals surface area contributed by atoms with E-state index in [0.717, 1.165) is 10.9 Å². The summed E-state index contributed by atoms with van der Waals surface area (Å²) in [5.74, 6) is -0.0217. The lowest BCUT2D eigenvalue weighted by Gasteiger charge is -2.13. The predicted octanol–water partition coefficient (Wildman–Crippen LogP) is 5.81. The molecule has 0 spiro atoms. The van der Waals surface area contributed by atoms with Gasteiger partial charge in [0.15, 0.2) is 18.1 Å². The zero-order valence-electron chi connectivity index (χ0n) is 20.5. The molecule has 0 saturated carbocycles. The average Bonchev–Trinajstić information content (AvgIpc) is 2.88. The van der Waals surface area contributed by atoms with Crippen molar-refractivity contribution in [3.63, 3.8) is 0 Å². The van der Waals surface area contributed by atoms with Gasteiger partial charge in [-0.15, -0.1) is 0 Å². The summed E-state index contributed by atoms with van der Waals surface area (Å²) in [6, 6.07) is 14.0. The van der Waals surface area contributed by atoms with Crippen LogP contribution in [0.3, 0.4) is 0 Å². The fraction of sp³-hybridized carbons (Fsp3) is 0.185. The molecular formula is C27H23BrClFN4O4. The van der Waals surface area contributed by atoms with E-state index in [1.807, 2.05) is 13.0 Å². The highest BCUT2D eigenvalue weighted by molar-refractivity contribution is 9.10. The molecule has 3 aromatic carbocycles. The molecule has 4 aromatic rings. The quantitative estimate of drug-likeness (QED) is 0.244. The van der Waals surface area contributed by atoms with Crippen LogP contribution in [0.15, 0.2) is 69.0 Å². The molecular weight excluding hydrogens is 579 g/mol. The van der Waals surface area contributed by atoms with Gasteiger partial charge < -0.3 is 14.8 Å². The summed E-state index contributed by atoms with van der Waals surface area (Å²) in [5.41, 5.74) is 1.14. The molecule has 0 bridgehead atoms. The number of fused-ring (bicyclic) bond motifs is 1. The summed E-state index contributed by atoms with van der Waals surface area (Å²) in [4.78, 5) is 30.1. The van der Waals surface area contributed by atoms with Crippen LogP contribution in [0, 0.1) is 5.82 Å². The zero-order chi connectivity index (χ0) is 27.2. The van der Waals surface area contributed by atoms with Crippen molar-refractivity contribution in [1.29, 1.82) is 0 Å². The summed E-state index contributed by atoms with van der Waals surface area (Å²) < 4.78 is 26.4. The van der Waals surface area contributed by atoms with Gasteiger partial charge in [0, 0.05) is 16.6 Å². The number of nitrogens with one attached hydrogen (secondary N) is 1. The summed E-state index contributed by atoms with van der Waals surface area (Å²) in [6.45, 7) is 1.61. The van der Waals surface area contributed by atoms with E-state index in [4.69, 9.17) is 21.1 Å². The lowest BCUT2D eigenvalue weighted by atomic mass is 10.2. The average molecular weight is 602 g/mol. The van der Waals surface area contributed by atoms with Crippen molar-refractivity contribution < 1.29 is 18.7 Å². The van der Waals surface area contributed by atoms with E-state index >= 15 is 0 Å². The molecule has 1 N–H and O–H groups in total. The van der Waals surface area contributed by atoms with Gasteiger partial charge in [-0.3, -0.25) is 9.59 Å². The Morgan fingerprint density at radius 3 is 2.79 bits per heavy atom. The van der Waals surface area contributed by atoms with Crippen molar-refractivity contribution in [2.75, 3.05) is 19.0 Å². The molecule has 0 unspecified atom stereocenters. The van der Waals surface area contributed by atoms with E-state index < -0.39 is 11.7 Å². The number of hydrogen-bond acceptors (Lipinski definition) is 6. The maximum absolute atomic E-state index is 13.3. The van der Waals surface area contributed by atoms with Crippen molar-refractivity contribution in [2.45, 2.75) is 19.8 Å². The summed E-state index contributed by atoms with van der Waals surface area (Å²) in [7, 11) is 1.43. The number of ether oxygens (including phenoxy) is 2. The van der Waals surface area contributed by atoms with Crippen LogP contribution in [-0.2, 0) is 11.2 Å². The highest BCUT2D eigenvalue weighted by Gasteiger charge is 2.15. The standard InChI is InChI=1S/C27H23BrClFN4O4/c1-3-5-24-33-22-9-8-17(28)12-20(22)27(36)34(24)31-14-16-10-21(29)26(23(11-16)37-2)38-15-25(35)32-19-7-4-6-18(30)13-19/h4,6-14H,3,5,15H2,1-2H3,(H,32,35). The van der Waals surface area contributed by atoms with E-state index in [1.54, 1.807) is 30.3 Å². The van der Waals surface area contributed by atoms with E-state index in [1.165, 1.54) is 36.2 Å². The van der Waals surface area contributed by atoms with E-state index in [-0.39, 0.29) is 28.7 Å². The zero-order valence-corrected chi connectivity index (χ0v) is 22.8. The summed E-state index contributed by atoms with van der Waals surface area (Å²) in [5, 5.41) is 7.56. The lowest BCUT2D eigenvalue weighted by molar-refractivity contribution is -0.118. The number of carbonyl (C=O) groups excluding carboxylic acids is 1. The van der Waals surface area contributed by atoms with Gasteiger partial charge >= 0.3 is 0 Å². The molecule has 0 atom stereocenters. The molecule has 0 saturated heterocycles. The second kappa shape index (κ2) is 12.2. The van der Waals surface area contributed by atoms with Gasteiger partial charge in [0.1, 0.15) is 11.6 Å². The third-order valence-corrected chi connectivity index (χ3v) is 6.15. The fourth-order valence-electron chi connectivity index (χ4n) is 3.68. The normalized spacial score (nSPS) is 11.2. The smallest absolute Gasteiger partial charge is 0.282 e. The molecule has 11 heteroatoms. The SMILES string of the molecule is CCCc1nc2ccc(Br)cc2c(=O)n1N=Cc1cc(Cl)c(OCC(=O)Nc2cccc(F)c2)c(OC)c1. The Hall–Kier alpha value is -3.76. The first-order chi connectivity index (χ1) is 18.3. The van der Waals surface area contributed by atoms with Crippen molar-refractivity contribution >= 4 is 56.2 Å². The number of aromatic nitrogens is 2.